The van der Waals surface area contributed by atoms with Gasteiger partial charge in [0.25, 0.3) is 0 Å². The number of hydrogen-bond donors (Lipinski definition) is 1. The fourth-order valence-electron chi connectivity index (χ4n) is 3.38. The Morgan fingerprint density at radius 1 is 1.25 bits per heavy atom. The summed E-state index contributed by atoms with van der Waals surface area (Å²) in [4.78, 5) is 26.0. The Kier molecular flexibility index (Phi) is 5.28. The highest BCUT2D eigenvalue weighted by molar-refractivity contribution is 5.83. The van der Waals surface area contributed by atoms with Crippen LogP contribution in [0.5, 0.6) is 0 Å². The zero-order valence-corrected chi connectivity index (χ0v) is 13.8. The Labute approximate surface area is 141 Å². The molecule has 1 heterocycles. The number of likely N-dealkylation sites (tertiary alicyclic amines) is 1. The van der Waals surface area contributed by atoms with Gasteiger partial charge in [-0.15, -0.1) is 0 Å². The van der Waals surface area contributed by atoms with Crippen molar-refractivity contribution in [3.8, 4) is 0 Å². The molecule has 4 nitrogen and oxygen atoms in total. The number of nitrogens with zero attached hydrogens (tertiary/aromatic N) is 1. The first-order valence-corrected chi connectivity index (χ1v) is 8.59. The van der Waals surface area contributed by atoms with Gasteiger partial charge in [0.05, 0.1) is 6.04 Å². The molecule has 1 atom stereocenters. The van der Waals surface area contributed by atoms with Crippen LogP contribution in [0.4, 0.5) is 4.39 Å². The van der Waals surface area contributed by atoms with Gasteiger partial charge in [0, 0.05) is 25.9 Å². The summed E-state index contributed by atoms with van der Waals surface area (Å²) >= 11 is 0. The first-order chi connectivity index (χ1) is 11.6. The molecule has 2 aliphatic rings. The minimum atomic E-state index is -0.284. The van der Waals surface area contributed by atoms with Gasteiger partial charge in [-0.2, -0.15) is 0 Å². The number of benzene rings is 1. The summed E-state index contributed by atoms with van der Waals surface area (Å²) in [5.41, 5.74) is 2.11. The molecule has 1 unspecified atom stereocenters. The lowest BCUT2D eigenvalue weighted by molar-refractivity contribution is -0.128. The van der Waals surface area contributed by atoms with E-state index >= 15 is 0 Å². The third-order valence-electron chi connectivity index (χ3n) is 4.64. The number of nitrogens with one attached hydrogen (secondary N) is 1. The third-order valence-corrected chi connectivity index (χ3v) is 4.64. The molecule has 0 aromatic heterocycles. The lowest BCUT2D eigenvalue weighted by atomic mass is 9.97. The van der Waals surface area contributed by atoms with Crippen LogP contribution in [0.15, 0.2) is 35.9 Å². The average molecular weight is 330 g/mol. The standard InChI is InChI=1S/C19H23FN2O2/c20-16-8-6-15(7-9-16)12-22-13-17(11-19(22)24)21-18(23)10-14-4-2-1-3-5-14/h4,6-9,17H,1-3,5,10-13H2,(H,21,23). The molecule has 128 valence electrons. The number of carbonyl (C=O) groups excluding carboxylic acids is 2. The molecular weight excluding hydrogens is 307 g/mol. The lowest BCUT2D eigenvalue weighted by Crippen LogP contribution is -2.37. The molecule has 1 fully saturated rings. The van der Waals surface area contributed by atoms with E-state index in [0.717, 1.165) is 24.8 Å². The fraction of sp³-hybridized carbons (Fsp3) is 0.474. The van der Waals surface area contributed by atoms with E-state index in [2.05, 4.69) is 11.4 Å². The van der Waals surface area contributed by atoms with Gasteiger partial charge in [-0.25, -0.2) is 4.39 Å². The molecule has 0 saturated carbocycles. The Hall–Kier alpha value is -2.17. The van der Waals surface area contributed by atoms with Crippen molar-refractivity contribution in [2.45, 2.75) is 51.1 Å². The number of amides is 2. The molecule has 1 aliphatic heterocycles. The van der Waals surface area contributed by atoms with Gasteiger partial charge < -0.3 is 10.2 Å². The van der Waals surface area contributed by atoms with E-state index in [1.165, 1.54) is 24.1 Å². The molecule has 0 bridgehead atoms. The van der Waals surface area contributed by atoms with Crippen molar-refractivity contribution >= 4 is 11.8 Å². The summed E-state index contributed by atoms with van der Waals surface area (Å²) in [5.74, 6) is -0.250. The number of allylic oxidation sites excluding steroid dienone is 1. The zero-order valence-electron chi connectivity index (χ0n) is 13.8. The molecule has 5 heteroatoms. The predicted octanol–water partition coefficient (Wildman–Crippen LogP) is 2.93. The van der Waals surface area contributed by atoms with Crippen molar-refractivity contribution in [2.24, 2.45) is 0 Å². The average Bonchev–Trinajstić information content (AvgIpc) is 2.89. The highest BCUT2D eigenvalue weighted by atomic mass is 19.1. The maximum atomic E-state index is 12.9. The van der Waals surface area contributed by atoms with Crippen LogP contribution in [0.3, 0.4) is 0 Å². The molecule has 2 amide bonds. The van der Waals surface area contributed by atoms with E-state index in [4.69, 9.17) is 0 Å². The minimum absolute atomic E-state index is 0.00424. The third kappa shape index (κ3) is 4.43. The van der Waals surface area contributed by atoms with E-state index < -0.39 is 0 Å². The van der Waals surface area contributed by atoms with E-state index in [1.54, 1.807) is 17.0 Å². The first-order valence-electron chi connectivity index (χ1n) is 8.59. The maximum absolute atomic E-state index is 12.9. The number of halogens is 1. The summed E-state index contributed by atoms with van der Waals surface area (Å²) in [7, 11) is 0. The van der Waals surface area contributed by atoms with E-state index in [1.807, 2.05) is 0 Å². The van der Waals surface area contributed by atoms with Gasteiger partial charge in [0.15, 0.2) is 0 Å². The smallest absolute Gasteiger partial charge is 0.225 e. The van der Waals surface area contributed by atoms with E-state index in [9.17, 15) is 14.0 Å². The van der Waals surface area contributed by atoms with Gasteiger partial charge >= 0.3 is 0 Å². The van der Waals surface area contributed by atoms with Crippen molar-refractivity contribution in [1.82, 2.24) is 10.2 Å². The SMILES string of the molecule is O=C(CC1=CCCCC1)NC1CC(=O)N(Cc2ccc(F)cc2)C1. The van der Waals surface area contributed by atoms with Crippen LogP contribution in [0.2, 0.25) is 0 Å². The van der Waals surface area contributed by atoms with Crippen molar-refractivity contribution in [2.75, 3.05) is 6.54 Å². The Bertz CT molecular complexity index is 639. The van der Waals surface area contributed by atoms with Crippen LogP contribution in [0.1, 0.15) is 44.1 Å². The second-order valence-electron chi connectivity index (χ2n) is 6.65. The number of hydrogen-bond acceptors (Lipinski definition) is 2. The molecule has 0 spiro atoms. The highest BCUT2D eigenvalue weighted by Gasteiger charge is 2.30. The van der Waals surface area contributed by atoms with Crippen molar-refractivity contribution in [1.29, 1.82) is 0 Å². The number of rotatable bonds is 5. The summed E-state index contributed by atoms with van der Waals surface area (Å²) in [6.45, 7) is 0.970. The summed E-state index contributed by atoms with van der Waals surface area (Å²) < 4.78 is 12.9. The molecule has 1 saturated heterocycles. The Balaban J connectivity index is 1.49. The lowest BCUT2D eigenvalue weighted by Gasteiger charge is -2.18. The molecule has 0 radical (unpaired) electrons. The largest absolute Gasteiger partial charge is 0.351 e. The van der Waals surface area contributed by atoms with Crippen LogP contribution in [0.25, 0.3) is 0 Å². The van der Waals surface area contributed by atoms with Gasteiger partial charge in [-0.05, 0) is 43.4 Å². The molecule has 1 aliphatic carbocycles. The molecular formula is C19H23FN2O2. The molecule has 1 N–H and O–H groups in total. The second-order valence-corrected chi connectivity index (χ2v) is 6.65. The molecule has 1 aromatic rings. The fourth-order valence-corrected chi connectivity index (χ4v) is 3.38. The van der Waals surface area contributed by atoms with Crippen molar-refractivity contribution in [3.63, 3.8) is 0 Å². The maximum Gasteiger partial charge on any atom is 0.225 e. The molecule has 24 heavy (non-hydrogen) atoms. The summed E-state index contributed by atoms with van der Waals surface area (Å²) in [6.07, 6.45) is 7.40. The van der Waals surface area contributed by atoms with Crippen LogP contribution in [-0.4, -0.2) is 29.3 Å². The summed E-state index contributed by atoms with van der Waals surface area (Å²) in [6, 6.07) is 6.03. The second kappa shape index (κ2) is 7.60. The van der Waals surface area contributed by atoms with Gasteiger partial charge in [0.2, 0.25) is 11.8 Å². The Morgan fingerprint density at radius 2 is 2.04 bits per heavy atom. The van der Waals surface area contributed by atoms with Crippen LogP contribution < -0.4 is 5.32 Å². The zero-order chi connectivity index (χ0) is 16.9. The molecule has 1 aromatic carbocycles. The molecule has 3 rings (SSSR count). The Morgan fingerprint density at radius 3 is 2.75 bits per heavy atom. The van der Waals surface area contributed by atoms with Gasteiger partial charge in [0.1, 0.15) is 5.82 Å². The normalized spacial score (nSPS) is 20.9. The topological polar surface area (TPSA) is 49.4 Å². The van der Waals surface area contributed by atoms with Crippen molar-refractivity contribution < 1.29 is 14.0 Å². The van der Waals surface area contributed by atoms with E-state index in [-0.39, 0.29) is 23.7 Å². The summed E-state index contributed by atoms with van der Waals surface area (Å²) in [5, 5.41) is 2.98. The van der Waals surface area contributed by atoms with Gasteiger partial charge in [-0.3, -0.25) is 9.59 Å². The first kappa shape index (κ1) is 16.7. The highest BCUT2D eigenvalue weighted by Crippen LogP contribution is 2.21. The predicted molar refractivity (Wildman–Crippen MR) is 89.5 cm³/mol. The van der Waals surface area contributed by atoms with Crippen LogP contribution in [0, 0.1) is 5.82 Å². The van der Waals surface area contributed by atoms with Gasteiger partial charge in [-0.1, -0.05) is 23.8 Å². The van der Waals surface area contributed by atoms with Crippen molar-refractivity contribution in [3.05, 3.63) is 47.3 Å². The quantitative estimate of drug-likeness (QED) is 0.844. The van der Waals surface area contributed by atoms with Crippen LogP contribution in [-0.2, 0) is 16.1 Å². The van der Waals surface area contributed by atoms with E-state index in [0.29, 0.717) is 25.9 Å². The van der Waals surface area contributed by atoms with Crippen LogP contribution >= 0.6 is 0 Å². The minimum Gasteiger partial charge on any atom is -0.351 e. The number of carbonyl (C=O) groups is 2. The monoisotopic (exact) mass is 330 g/mol.